The number of amides is 2. The van der Waals surface area contributed by atoms with Crippen LogP contribution >= 0.6 is 0 Å². The highest BCUT2D eigenvalue weighted by Crippen LogP contribution is 2.19. The van der Waals surface area contributed by atoms with E-state index in [1.54, 1.807) is 19.1 Å². The SMILES string of the molecule is C[C@H](NC(=O)[C@H]1CC(c2ccc(F)cc2)=NO1)C(=O)NC1CC1. The minimum absolute atomic E-state index is 0.196. The molecule has 1 aromatic rings. The van der Waals surface area contributed by atoms with Crippen LogP contribution in [-0.4, -0.2) is 35.7 Å². The zero-order chi connectivity index (χ0) is 16.4. The fourth-order valence-corrected chi connectivity index (χ4v) is 2.26. The summed E-state index contributed by atoms with van der Waals surface area (Å²) in [5.74, 6) is -0.916. The number of carbonyl (C=O) groups is 2. The number of carbonyl (C=O) groups excluding carboxylic acids is 2. The number of hydrogen-bond acceptors (Lipinski definition) is 4. The molecule has 2 aliphatic rings. The standard InChI is InChI=1S/C16H18FN3O3/c1-9(15(21)19-12-6-7-12)18-16(22)14-8-13(20-23-14)10-2-4-11(17)5-3-10/h2-5,9,12,14H,6-8H2,1H3,(H,18,22)(H,19,21)/t9-,14+/m0/s1. The minimum Gasteiger partial charge on any atom is -0.382 e. The molecular weight excluding hydrogens is 301 g/mol. The van der Waals surface area contributed by atoms with Gasteiger partial charge in [0.25, 0.3) is 5.91 Å². The molecule has 3 rings (SSSR count). The van der Waals surface area contributed by atoms with Gasteiger partial charge in [0, 0.05) is 12.5 Å². The van der Waals surface area contributed by atoms with E-state index in [1.165, 1.54) is 12.1 Å². The lowest BCUT2D eigenvalue weighted by molar-refractivity contribution is -0.135. The van der Waals surface area contributed by atoms with E-state index in [2.05, 4.69) is 15.8 Å². The first-order valence-electron chi connectivity index (χ1n) is 7.62. The first-order valence-corrected chi connectivity index (χ1v) is 7.62. The summed E-state index contributed by atoms with van der Waals surface area (Å²) in [6, 6.07) is 5.46. The normalized spacial score (nSPS) is 21.1. The Balaban J connectivity index is 1.51. The summed E-state index contributed by atoms with van der Waals surface area (Å²) in [4.78, 5) is 29.1. The van der Waals surface area contributed by atoms with Crippen molar-refractivity contribution in [2.45, 2.75) is 44.4 Å². The van der Waals surface area contributed by atoms with Gasteiger partial charge < -0.3 is 15.5 Å². The summed E-state index contributed by atoms with van der Waals surface area (Å²) in [5, 5.41) is 9.34. The predicted molar refractivity (Wildman–Crippen MR) is 81.2 cm³/mol. The average Bonchev–Trinajstić information content (AvgIpc) is 3.20. The zero-order valence-electron chi connectivity index (χ0n) is 12.7. The Hall–Kier alpha value is -2.44. The highest BCUT2D eigenvalue weighted by molar-refractivity contribution is 6.04. The van der Waals surface area contributed by atoms with E-state index in [0.29, 0.717) is 11.3 Å². The second-order valence-electron chi connectivity index (χ2n) is 5.86. The molecule has 0 saturated heterocycles. The Labute approximate surface area is 133 Å². The number of nitrogens with zero attached hydrogens (tertiary/aromatic N) is 1. The zero-order valence-corrected chi connectivity index (χ0v) is 12.7. The van der Waals surface area contributed by atoms with Gasteiger partial charge in [0.2, 0.25) is 12.0 Å². The van der Waals surface area contributed by atoms with E-state index in [1.807, 2.05) is 0 Å². The number of nitrogens with one attached hydrogen (secondary N) is 2. The number of benzene rings is 1. The minimum atomic E-state index is -0.772. The van der Waals surface area contributed by atoms with Gasteiger partial charge in [-0.05, 0) is 37.5 Å². The van der Waals surface area contributed by atoms with Crippen LogP contribution in [0.2, 0.25) is 0 Å². The molecule has 7 heteroatoms. The lowest BCUT2D eigenvalue weighted by Crippen LogP contribution is -2.48. The van der Waals surface area contributed by atoms with Gasteiger partial charge in [-0.15, -0.1) is 0 Å². The molecule has 2 N–H and O–H groups in total. The van der Waals surface area contributed by atoms with Gasteiger partial charge in [-0.1, -0.05) is 17.3 Å². The number of halogens is 1. The van der Waals surface area contributed by atoms with Gasteiger partial charge in [0.15, 0.2) is 0 Å². The third-order valence-corrected chi connectivity index (χ3v) is 3.81. The Bertz CT molecular complexity index is 640. The van der Waals surface area contributed by atoms with Gasteiger partial charge >= 0.3 is 0 Å². The van der Waals surface area contributed by atoms with E-state index in [-0.39, 0.29) is 30.1 Å². The van der Waals surface area contributed by atoms with Crippen LogP contribution in [0.3, 0.4) is 0 Å². The van der Waals surface area contributed by atoms with Gasteiger partial charge in [-0.3, -0.25) is 9.59 Å². The molecular formula is C16H18FN3O3. The molecule has 0 aromatic heterocycles. The second kappa shape index (κ2) is 6.36. The molecule has 6 nitrogen and oxygen atoms in total. The van der Waals surface area contributed by atoms with E-state index in [0.717, 1.165) is 12.8 Å². The number of hydrogen-bond donors (Lipinski definition) is 2. The van der Waals surface area contributed by atoms with Crippen LogP contribution in [0.1, 0.15) is 31.7 Å². The fourth-order valence-electron chi connectivity index (χ4n) is 2.26. The van der Waals surface area contributed by atoms with Crippen LogP contribution in [0.25, 0.3) is 0 Å². The first kappa shape index (κ1) is 15.5. The van der Waals surface area contributed by atoms with E-state index in [9.17, 15) is 14.0 Å². The number of rotatable bonds is 5. The molecule has 2 amide bonds. The lowest BCUT2D eigenvalue weighted by Gasteiger charge is -2.15. The van der Waals surface area contributed by atoms with Crippen molar-refractivity contribution in [2.24, 2.45) is 5.16 Å². The monoisotopic (exact) mass is 319 g/mol. The van der Waals surface area contributed by atoms with Crippen molar-refractivity contribution in [1.29, 1.82) is 0 Å². The third-order valence-electron chi connectivity index (χ3n) is 3.81. The molecule has 1 saturated carbocycles. The van der Waals surface area contributed by atoms with Crippen molar-refractivity contribution >= 4 is 17.5 Å². The molecule has 0 unspecified atom stereocenters. The van der Waals surface area contributed by atoms with Crippen molar-refractivity contribution < 1.29 is 18.8 Å². The summed E-state index contributed by atoms with van der Waals surface area (Å²) in [6.45, 7) is 1.63. The fraction of sp³-hybridized carbons (Fsp3) is 0.438. The molecule has 0 radical (unpaired) electrons. The highest BCUT2D eigenvalue weighted by atomic mass is 19.1. The molecule has 0 bridgehead atoms. The van der Waals surface area contributed by atoms with Crippen molar-refractivity contribution in [3.63, 3.8) is 0 Å². The maximum atomic E-state index is 12.9. The average molecular weight is 319 g/mol. The quantitative estimate of drug-likeness (QED) is 0.853. The van der Waals surface area contributed by atoms with Gasteiger partial charge in [0.05, 0.1) is 5.71 Å². The number of oxime groups is 1. The van der Waals surface area contributed by atoms with Crippen molar-refractivity contribution in [2.75, 3.05) is 0 Å². The van der Waals surface area contributed by atoms with Gasteiger partial charge in [0.1, 0.15) is 11.9 Å². The Morgan fingerprint density at radius 1 is 1.30 bits per heavy atom. The third kappa shape index (κ3) is 3.85. The van der Waals surface area contributed by atoms with Crippen LogP contribution in [0.15, 0.2) is 29.4 Å². The largest absolute Gasteiger partial charge is 0.382 e. The Morgan fingerprint density at radius 3 is 2.65 bits per heavy atom. The van der Waals surface area contributed by atoms with Crippen molar-refractivity contribution in [1.82, 2.24) is 10.6 Å². The smallest absolute Gasteiger partial charge is 0.264 e. The molecule has 1 aliphatic heterocycles. The molecule has 122 valence electrons. The summed E-state index contributed by atoms with van der Waals surface area (Å²) < 4.78 is 12.9. The summed E-state index contributed by atoms with van der Waals surface area (Å²) in [6.07, 6.45) is 1.50. The maximum absolute atomic E-state index is 12.9. The van der Waals surface area contributed by atoms with Crippen LogP contribution in [0, 0.1) is 5.82 Å². The maximum Gasteiger partial charge on any atom is 0.264 e. The molecule has 1 aliphatic carbocycles. The van der Waals surface area contributed by atoms with Crippen LogP contribution in [-0.2, 0) is 14.4 Å². The summed E-state index contributed by atoms with van der Waals surface area (Å²) in [5.41, 5.74) is 1.29. The van der Waals surface area contributed by atoms with Crippen molar-refractivity contribution in [3.8, 4) is 0 Å². The lowest BCUT2D eigenvalue weighted by atomic mass is 10.0. The van der Waals surface area contributed by atoms with Crippen LogP contribution in [0.4, 0.5) is 4.39 Å². The van der Waals surface area contributed by atoms with E-state index < -0.39 is 12.1 Å². The van der Waals surface area contributed by atoms with Crippen LogP contribution in [0.5, 0.6) is 0 Å². The molecule has 1 heterocycles. The molecule has 1 aromatic carbocycles. The highest BCUT2D eigenvalue weighted by Gasteiger charge is 2.32. The molecule has 2 atom stereocenters. The van der Waals surface area contributed by atoms with E-state index >= 15 is 0 Å². The second-order valence-corrected chi connectivity index (χ2v) is 5.86. The topological polar surface area (TPSA) is 79.8 Å². The van der Waals surface area contributed by atoms with Gasteiger partial charge in [-0.2, -0.15) is 0 Å². The molecule has 0 spiro atoms. The summed E-state index contributed by atoms with van der Waals surface area (Å²) >= 11 is 0. The predicted octanol–water partition coefficient (Wildman–Crippen LogP) is 1.10. The van der Waals surface area contributed by atoms with Crippen LogP contribution < -0.4 is 10.6 Å². The van der Waals surface area contributed by atoms with Gasteiger partial charge in [-0.25, -0.2) is 4.39 Å². The summed E-state index contributed by atoms with van der Waals surface area (Å²) in [7, 11) is 0. The Morgan fingerprint density at radius 2 is 2.00 bits per heavy atom. The molecule has 1 fully saturated rings. The molecule has 23 heavy (non-hydrogen) atoms. The van der Waals surface area contributed by atoms with Crippen molar-refractivity contribution in [3.05, 3.63) is 35.6 Å². The van der Waals surface area contributed by atoms with E-state index in [4.69, 9.17) is 4.84 Å². The Kier molecular flexibility index (Phi) is 4.27. The first-order chi connectivity index (χ1) is 11.0.